The first-order valence-electron chi connectivity index (χ1n) is 3.78. The van der Waals surface area contributed by atoms with Gasteiger partial charge in [-0.15, -0.1) is 0 Å². The molecule has 2 atom stereocenters. The Morgan fingerprint density at radius 2 is 1.90 bits per heavy atom. The van der Waals surface area contributed by atoms with E-state index < -0.39 is 0 Å². The van der Waals surface area contributed by atoms with Crippen LogP contribution < -0.4 is 21.5 Å². The Bertz CT molecular complexity index is 128. The van der Waals surface area contributed by atoms with Gasteiger partial charge in [0, 0.05) is 0 Å². The number of hydrogen-bond donors (Lipinski definition) is 0. The zero-order valence-electron chi connectivity index (χ0n) is 6.55. The number of alkyl halides is 1. The van der Waals surface area contributed by atoms with Gasteiger partial charge in [0.25, 0.3) is 0 Å². The third-order valence-electron chi connectivity index (χ3n) is 2.48. The molecule has 0 aliphatic carbocycles. The van der Waals surface area contributed by atoms with Crippen molar-refractivity contribution in [2.45, 2.75) is 18.5 Å². The molecule has 0 radical (unpaired) electrons. The van der Waals surface area contributed by atoms with Crippen molar-refractivity contribution in [3.63, 3.8) is 0 Å². The maximum absolute atomic E-state index is 2.74. The van der Waals surface area contributed by atoms with Gasteiger partial charge in [-0.3, -0.25) is 0 Å². The van der Waals surface area contributed by atoms with Crippen LogP contribution in [0.5, 0.6) is 0 Å². The molecule has 0 spiro atoms. The van der Waals surface area contributed by atoms with E-state index in [1.807, 2.05) is 0 Å². The number of piperidine rings is 1. The van der Waals surface area contributed by atoms with Crippen molar-refractivity contribution in [1.29, 1.82) is 0 Å². The van der Waals surface area contributed by atoms with Crippen molar-refractivity contribution in [1.82, 2.24) is 8.01 Å². The number of piperazine rings is 1. The Morgan fingerprint density at radius 3 is 2.40 bits per heavy atom. The van der Waals surface area contributed by atoms with Crippen molar-refractivity contribution < 1.29 is 21.5 Å². The standard InChI is InChI=1S/C7H14IN2/c1-8-10-6-3-7(10)5-9(2)4-6/h6-7H,3-5H2,1-2H3/q-1. The first kappa shape index (κ1) is 7.31. The fourth-order valence-electron chi connectivity index (χ4n) is 2.05. The van der Waals surface area contributed by atoms with E-state index in [-0.39, 0.29) is 0 Å². The van der Waals surface area contributed by atoms with Crippen LogP contribution in [0.4, 0.5) is 0 Å². The van der Waals surface area contributed by atoms with Gasteiger partial charge in [0.05, 0.1) is 0 Å². The molecule has 3 rings (SSSR count). The summed E-state index contributed by atoms with van der Waals surface area (Å²) >= 11 is 0.383. The third-order valence-corrected chi connectivity index (χ3v) is 5.17. The molecule has 0 aromatic carbocycles. The number of halogens is 1. The summed E-state index contributed by atoms with van der Waals surface area (Å²) in [6, 6.07) is 1.89. The van der Waals surface area contributed by atoms with Crippen LogP contribution in [0.2, 0.25) is 0 Å². The van der Waals surface area contributed by atoms with Gasteiger partial charge in [-0.05, 0) is 0 Å². The van der Waals surface area contributed by atoms with Gasteiger partial charge in [-0.1, -0.05) is 0 Å². The van der Waals surface area contributed by atoms with Crippen LogP contribution in [0.15, 0.2) is 0 Å². The number of rotatable bonds is 1. The van der Waals surface area contributed by atoms with Crippen LogP contribution in [0.25, 0.3) is 0 Å². The van der Waals surface area contributed by atoms with Gasteiger partial charge < -0.3 is 0 Å². The van der Waals surface area contributed by atoms with E-state index in [2.05, 4.69) is 20.0 Å². The van der Waals surface area contributed by atoms with Crippen LogP contribution in [0.3, 0.4) is 0 Å². The SMILES string of the molecule is C[I-]N1C2CC1CN(C)C2. The molecule has 3 heteroatoms. The Hall–Kier alpha value is 0.650. The van der Waals surface area contributed by atoms with Crippen molar-refractivity contribution in [2.75, 3.05) is 25.1 Å². The summed E-state index contributed by atoms with van der Waals surface area (Å²) in [5.41, 5.74) is 0. The van der Waals surface area contributed by atoms with Crippen LogP contribution in [0, 0.1) is 0 Å². The molecule has 2 nitrogen and oxygen atoms in total. The van der Waals surface area contributed by atoms with E-state index in [4.69, 9.17) is 0 Å². The second-order valence-corrected chi connectivity index (χ2v) is 5.36. The van der Waals surface area contributed by atoms with Gasteiger partial charge in [0.1, 0.15) is 0 Å². The predicted octanol–water partition coefficient (Wildman–Crippen LogP) is -2.99. The average Bonchev–Trinajstić information content (AvgIpc) is 1.87. The van der Waals surface area contributed by atoms with Gasteiger partial charge in [-0.2, -0.15) is 0 Å². The zero-order chi connectivity index (χ0) is 7.14. The molecule has 60 valence electrons. The molecule has 0 N–H and O–H groups in total. The quantitative estimate of drug-likeness (QED) is 0.279. The summed E-state index contributed by atoms with van der Waals surface area (Å²) in [5, 5.41) is 0. The summed E-state index contributed by atoms with van der Waals surface area (Å²) in [5.74, 6) is 0. The monoisotopic (exact) mass is 253 g/mol. The van der Waals surface area contributed by atoms with Gasteiger partial charge in [-0.25, -0.2) is 0 Å². The number of fused-ring (bicyclic) bond motifs is 2. The Balaban J connectivity index is 1.96. The van der Waals surface area contributed by atoms with E-state index >= 15 is 0 Å². The van der Waals surface area contributed by atoms with E-state index in [9.17, 15) is 0 Å². The first-order chi connectivity index (χ1) is 4.81. The predicted molar refractivity (Wildman–Crippen MR) is 37.5 cm³/mol. The Kier molecular flexibility index (Phi) is 1.90. The average molecular weight is 253 g/mol. The Labute approximate surface area is 73.2 Å². The van der Waals surface area contributed by atoms with Crippen molar-refractivity contribution in [3.05, 3.63) is 0 Å². The molecule has 0 aromatic rings. The molecule has 3 heterocycles. The van der Waals surface area contributed by atoms with Crippen LogP contribution in [-0.4, -0.2) is 45.2 Å². The number of likely N-dealkylation sites (N-methyl/N-ethyl adjacent to an activating group) is 1. The minimum atomic E-state index is 0.383. The van der Waals surface area contributed by atoms with E-state index in [1.165, 1.54) is 19.5 Å². The molecule has 3 saturated heterocycles. The fourth-order valence-corrected chi connectivity index (χ4v) is 4.43. The molecule has 10 heavy (non-hydrogen) atoms. The molecule has 3 fully saturated rings. The van der Waals surface area contributed by atoms with Crippen molar-refractivity contribution in [3.8, 4) is 0 Å². The van der Waals surface area contributed by atoms with Crippen molar-refractivity contribution >= 4 is 0 Å². The molecule has 0 aromatic heterocycles. The molecule has 2 unspecified atom stereocenters. The zero-order valence-corrected chi connectivity index (χ0v) is 8.71. The molecule has 3 aliphatic heterocycles. The number of nitrogens with zero attached hydrogens (tertiary/aromatic N) is 2. The minimum absolute atomic E-state index is 0.383. The van der Waals surface area contributed by atoms with Gasteiger partial charge in [0.15, 0.2) is 0 Å². The summed E-state index contributed by atoms with van der Waals surface area (Å²) in [6.07, 6.45) is 1.48. The van der Waals surface area contributed by atoms with Crippen molar-refractivity contribution in [2.24, 2.45) is 0 Å². The number of hydrogen-bond acceptors (Lipinski definition) is 2. The molecule has 0 saturated carbocycles. The molecule has 0 amide bonds. The first-order valence-corrected chi connectivity index (χ1v) is 6.90. The maximum atomic E-state index is 2.74. The summed E-state index contributed by atoms with van der Waals surface area (Å²) in [7, 11) is 2.24. The molecule has 2 bridgehead atoms. The second kappa shape index (κ2) is 2.60. The van der Waals surface area contributed by atoms with E-state index in [0.717, 1.165) is 12.1 Å². The molecule has 3 aliphatic rings. The summed E-state index contributed by atoms with van der Waals surface area (Å²) in [4.78, 5) is 4.85. The van der Waals surface area contributed by atoms with Crippen LogP contribution >= 0.6 is 0 Å². The van der Waals surface area contributed by atoms with E-state index in [0.29, 0.717) is 21.5 Å². The van der Waals surface area contributed by atoms with E-state index in [1.54, 1.807) is 0 Å². The van der Waals surface area contributed by atoms with Crippen LogP contribution in [0.1, 0.15) is 6.42 Å². The second-order valence-electron chi connectivity index (χ2n) is 3.28. The summed E-state index contributed by atoms with van der Waals surface area (Å²) in [6.45, 7) is 2.65. The molecular formula is C7H14IN2-. The molecular weight excluding hydrogens is 239 g/mol. The third kappa shape index (κ3) is 0.987. The van der Waals surface area contributed by atoms with Gasteiger partial charge in [0.2, 0.25) is 0 Å². The summed E-state index contributed by atoms with van der Waals surface area (Å²) < 4.78 is 2.74. The van der Waals surface area contributed by atoms with Gasteiger partial charge >= 0.3 is 73.1 Å². The Morgan fingerprint density at radius 1 is 1.30 bits per heavy atom. The normalized spacial score (nSPS) is 41.8. The fraction of sp³-hybridized carbons (Fsp3) is 1.00. The topological polar surface area (TPSA) is 6.48 Å². The van der Waals surface area contributed by atoms with Crippen LogP contribution in [-0.2, 0) is 0 Å².